The molecule has 7 atom stereocenters. The van der Waals surface area contributed by atoms with Gasteiger partial charge in [-0.05, 0) is 69.6 Å². The van der Waals surface area contributed by atoms with Crippen LogP contribution in [0.15, 0.2) is 35.9 Å². The minimum absolute atomic E-state index is 0.0287. The monoisotopic (exact) mass is 481 g/mol. The Morgan fingerprint density at radius 2 is 1.86 bits per heavy atom. The SMILES string of the molecule is CC(C)(O)[C@H]1O[C@H]2CC[C@@]3(C)[C@@](O)(CC[C@H]4C[C@]5(OCNc6ccccc65)C(=O)[C@@]43C)C2=CC1=O. The molecule has 0 unspecified atom stereocenters. The van der Waals surface area contributed by atoms with Gasteiger partial charge >= 0.3 is 0 Å². The Kier molecular flexibility index (Phi) is 4.69. The number of ether oxygens (including phenoxy) is 2. The quantitative estimate of drug-likeness (QED) is 0.566. The highest BCUT2D eigenvalue weighted by molar-refractivity contribution is 5.99. The van der Waals surface area contributed by atoms with E-state index < -0.39 is 39.8 Å². The van der Waals surface area contributed by atoms with Gasteiger partial charge in [0, 0.05) is 22.1 Å². The van der Waals surface area contributed by atoms with Crippen LogP contribution in [0.1, 0.15) is 65.4 Å². The minimum Gasteiger partial charge on any atom is -0.387 e. The van der Waals surface area contributed by atoms with Crippen molar-refractivity contribution in [2.45, 2.75) is 88.8 Å². The normalized spacial score (nSPS) is 44.6. The van der Waals surface area contributed by atoms with Crippen molar-refractivity contribution in [2.75, 3.05) is 12.0 Å². The number of benzene rings is 1. The molecule has 35 heavy (non-hydrogen) atoms. The largest absolute Gasteiger partial charge is 0.387 e. The summed E-state index contributed by atoms with van der Waals surface area (Å²) < 4.78 is 12.4. The fourth-order valence-electron chi connectivity index (χ4n) is 8.19. The van der Waals surface area contributed by atoms with Crippen LogP contribution in [-0.2, 0) is 24.7 Å². The van der Waals surface area contributed by atoms with Crippen molar-refractivity contribution in [2.24, 2.45) is 16.7 Å². The molecule has 3 fully saturated rings. The third-order valence-electron chi connectivity index (χ3n) is 10.3. The fourth-order valence-corrected chi connectivity index (χ4v) is 8.19. The van der Waals surface area contributed by atoms with Crippen molar-refractivity contribution in [1.29, 1.82) is 0 Å². The van der Waals surface area contributed by atoms with Crippen LogP contribution < -0.4 is 5.32 Å². The number of aliphatic hydroxyl groups is 2. The molecule has 1 spiro atoms. The molecule has 2 aliphatic heterocycles. The summed E-state index contributed by atoms with van der Waals surface area (Å²) in [4.78, 5) is 27.6. The zero-order valence-electron chi connectivity index (χ0n) is 20.9. The van der Waals surface area contributed by atoms with E-state index in [-0.39, 0.29) is 24.2 Å². The molecule has 3 N–H and O–H groups in total. The lowest BCUT2D eigenvalue weighted by atomic mass is 9.42. The standard InChI is InChI=1S/C28H35NO6/c1-24(2,32)22-20(30)13-18-21(35-22)10-11-25(3)26(4)16(9-12-28(18,25)33)14-27(23(26)31)17-7-5-6-8-19(17)29-15-34-27/h5-8,13,16,21-22,29,32-33H,9-12,14-15H2,1-4H3/t16-,21-,22-,25+,26+,27+,28+/m0/s1. The van der Waals surface area contributed by atoms with Gasteiger partial charge in [-0.15, -0.1) is 0 Å². The topological polar surface area (TPSA) is 105 Å². The number of hydrogen-bond acceptors (Lipinski definition) is 7. The number of anilines is 1. The highest BCUT2D eigenvalue weighted by Crippen LogP contribution is 2.72. The number of carbonyl (C=O) groups excluding carboxylic acids is 2. The summed E-state index contributed by atoms with van der Waals surface area (Å²) in [5.41, 5.74) is -2.98. The summed E-state index contributed by atoms with van der Waals surface area (Å²) in [7, 11) is 0. The molecule has 0 radical (unpaired) electrons. The van der Waals surface area contributed by atoms with Gasteiger partial charge in [0.15, 0.2) is 17.2 Å². The molecule has 3 aliphatic carbocycles. The molecule has 0 bridgehead atoms. The third-order valence-corrected chi connectivity index (χ3v) is 10.3. The highest BCUT2D eigenvalue weighted by Gasteiger charge is 2.76. The van der Waals surface area contributed by atoms with Crippen LogP contribution >= 0.6 is 0 Å². The van der Waals surface area contributed by atoms with Crippen LogP contribution in [0.5, 0.6) is 0 Å². The van der Waals surface area contributed by atoms with E-state index in [0.29, 0.717) is 37.7 Å². The smallest absolute Gasteiger partial charge is 0.187 e. The van der Waals surface area contributed by atoms with E-state index in [9.17, 15) is 19.8 Å². The number of carbonyl (C=O) groups is 2. The Hall–Kier alpha value is -2.06. The molecule has 7 heteroatoms. The number of nitrogens with one attached hydrogen (secondary N) is 1. The molecular formula is C28H35NO6. The van der Waals surface area contributed by atoms with Gasteiger partial charge in [0.2, 0.25) is 0 Å². The van der Waals surface area contributed by atoms with Crippen LogP contribution in [0.3, 0.4) is 0 Å². The summed E-state index contributed by atoms with van der Waals surface area (Å²) in [5, 5.41) is 26.1. The Bertz CT molecular complexity index is 1150. The predicted molar refractivity (Wildman–Crippen MR) is 128 cm³/mol. The lowest BCUT2D eigenvalue weighted by Crippen LogP contribution is -2.68. The molecule has 6 rings (SSSR count). The Morgan fingerprint density at radius 3 is 2.60 bits per heavy atom. The zero-order chi connectivity index (χ0) is 25.0. The van der Waals surface area contributed by atoms with Crippen molar-refractivity contribution in [3.63, 3.8) is 0 Å². The van der Waals surface area contributed by atoms with Crippen molar-refractivity contribution < 1.29 is 29.3 Å². The van der Waals surface area contributed by atoms with Gasteiger partial charge in [0.1, 0.15) is 12.8 Å². The van der Waals surface area contributed by atoms with E-state index in [0.717, 1.165) is 11.3 Å². The second kappa shape index (κ2) is 7.03. The summed E-state index contributed by atoms with van der Waals surface area (Å²) >= 11 is 0. The Labute approximate surface area is 205 Å². The van der Waals surface area contributed by atoms with Crippen LogP contribution in [0, 0.1) is 16.7 Å². The Balaban J connectivity index is 1.45. The first-order valence-electron chi connectivity index (χ1n) is 12.8. The van der Waals surface area contributed by atoms with Gasteiger partial charge in [-0.3, -0.25) is 9.59 Å². The Morgan fingerprint density at radius 1 is 1.11 bits per heavy atom. The second-order valence-electron chi connectivity index (χ2n) is 12.2. The van der Waals surface area contributed by atoms with E-state index in [2.05, 4.69) is 5.32 Å². The highest BCUT2D eigenvalue weighted by atomic mass is 16.5. The van der Waals surface area contributed by atoms with E-state index >= 15 is 0 Å². The lowest BCUT2D eigenvalue weighted by Gasteiger charge is -2.64. The van der Waals surface area contributed by atoms with Crippen LogP contribution in [0.25, 0.3) is 0 Å². The number of rotatable bonds is 1. The second-order valence-corrected chi connectivity index (χ2v) is 12.2. The summed E-state index contributed by atoms with van der Waals surface area (Å²) in [6.45, 7) is 7.43. The molecule has 5 aliphatic rings. The van der Waals surface area contributed by atoms with E-state index in [4.69, 9.17) is 9.47 Å². The molecule has 0 aromatic heterocycles. The molecule has 188 valence electrons. The first-order chi connectivity index (χ1) is 16.4. The fraction of sp³-hybridized carbons (Fsp3) is 0.643. The molecule has 2 heterocycles. The van der Waals surface area contributed by atoms with Gasteiger partial charge in [0.25, 0.3) is 0 Å². The number of hydrogen-bond donors (Lipinski definition) is 3. The van der Waals surface area contributed by atoms with Crippen molar-refractivity contribution in [3.05, 3.63) is 41.5 Å². The number of fused-ring (bicyclic) bond motifs is 7. The molecular weight excluding hydrogens is 446 g/mol. The number of ketones is 2. The van der Waals surface area contributed by atoms with E-state index in [1.807, 2.05) is 38.1 Å². The molecule has 0 saturated heterocycles. The summed E-state index contributed by atoms with van der Waals surface area (Å²) in [5.74, 6) is -0.257. The van der Waals surface area contributed by atoms with Crippen LogP contribution in [-0.4, -0.2) is 51.9 Å². The van der Waals surface area contributed by atoms with E-state index in [1.54, 1.807) is 13.8 Å². The van der Waals surface area contributed by atoms with Crippen molar-refractivity contribution in [1.82, 2.24) is 0 Å². The molecule has 3 saturated carbocycles. The van der Waals surface area contributed by atoms with Gasteiger partial charge in [-0.25, -0.2) is 0 Å². The van der Waals surface area contributed by atoms with Crippen LogP contribution in [0.4, 0.5) is 5.69 Å². The zero-order valence-corrected chi connectivity index (χ0v) is 20.9. The summed E-state index contributed by atoms with van der Waals surface area (Å²) in [6, 6.07) is 7.84. The van der Waals surface area contributed by atoms with E-state index in [1.165, 1.54) is 6.08 Å². The lowest BCUT2D eigenvalue weighted by molar-refractivity contribution is -0.211. The molecule has 7 nitrogen and oxygen atoms in total. The predicted octanol–water partition coefficient (Wildman–Crippen LogP) is 3.24. The average Bonchev–Trinajstić information content (AvgIpc) is 3.03. The van der Waals surface area contributed by atoms with Gasteiger partial charge < -0.3 is 25.0 Å². The maximum atomic E-state index is 14.6. The maximum absolute atomic E-state index is 14.6. The minimum atomic E-state index is -1.35. The number of para-hydroxylation sites is 1. The third kappa shape index (κ3) is 2.70. The first-order valence-corrected chi connectivity index (χ1v) is 12.8. The molecule has 1 aromatic carbocycles. The van der Waals surface area contributed by atoms with Crippen molar-refractivity contribution in [3.8, 4) is 0 Å². The van der Waals surface area contributed by atoms with Gasteiger partial charge in [-0.1, -0.05) is 32.0 Å². The number of Topliss-reactive ketones (excluding diaryl/α,β-unsaturated/α-hetero) is 1. The van der Waals surface area contributed by atoms with Gasteiger partial charge in [-0.2, -0.15) is 0 Å². The van der Waals surface area contributed by atoms with Crippen molar-refractivity contribution >= 4 is 17.3 Å². The summed E-state index contributed by atoms with van der Waals surface area (Å²) in [6.07, 6.45) is 2.94. The first kappa shape index (κ1) is 23.3. The molecule has 1 aromatic rings. The maximum Gasteiger partial charge on any atom is 0.187 e. The average molecular weight is 482 g/mol. The van der Waals surface area contributed by atoms with Crippen LogP contribution in [0.2, 0.25) is 0 Å². The molecule has 0 amide bonds. The van der Waals surface area contributed by atoms with Gasteiger partial charge in [0.05, 0.1) is 17.3 Å².